The Labute approximate surface area is 277 Å². The predicted molar refractivity (Wildman–Crippen MR) is 194 cm³/mol. The first-order valence-corrected chi connectivity index (χ1v) is 18.3. The molecule has 0 aliphatic carbocycles. The Morgan fingerprint density at radius 3 is 1.61 bits per heavy atom. The van der Waals surface area contributed by atoms with Crippen LogP contribution in [0.15, 0.2) is 91.0 Å². The van der Waals surface area contributed by atoms with Crippen LogP contribution in [-0.4, -0.2) is 31.4 Å². The number of hydrogen-bond acceptors (Lipinski definition) is 5. The quantitative estimate of drug-likeness (QED) is 0.150. The van der Waals surface area contributed by atoms with E-state index in [-0.39, 0.29) is 22.4 Å². The molecule has 2 unspecified atom stereocenters. The Morgan fingerprint density at radius 2 is 1.20 bits per heavy atom. The van der Waals surface area contributed by atoms with Gasteiger partial charge in [-0.3, -0.25) is 4.79 Å². The van der Waals surface area contributed by atoms with Gasteiger partial charge in [0, 0.05) is 19.4 Å². The van der Waals surface area contributed by atoms with Gasteiger partial charge in [-0.1, -0.05) is 117 Å². The fourth-order valence-corrected chi connectivity index (χ4v) is 9.44. The molecule has 2 atom stereocenters. The average Bonchev–Trinajstić information content (AvgIpc) is 3.00. The Balaban J connectivity index is 0.000000252. The fraction of sp³-hybridized carbons (Fsp3) is 0.333. The van der Waals surface area contributed by atoms with Crippen LogP contribution in [0, 0.1) is 32.1 Å². The van der Waals surface area contributed by atoms with Crippen molar-refractivity contribution in [2.24, 2.45) is 11.3 Å². The lowest BCUT2D eigenvalue weighted by molar-refractivity contribution is 0.106. The lowest BCUT2D eigenvalue weighted by atomic mass is 9.86. The first-order valence-electron chi connectivity index (χ1n) is 15.5. The minimum Gasteiger partial charge on any atom is -0.496 e. The van der Waals surface area contributed by atoms with E-state index in [1.54, 1.807) is 18.2 Å². The second-order valence-electron chi connectivity index (χ2n) is 12.9. The van der Waals surface area contributed by atoms with Crippen molar-refractivity contribution in [2.75, 3.05) is 20.4 Å². The van der Waals surface area contributed by atoms with Gasteiger partial charge in [0.25, 0.3) is 0 Å². The molecule has 0 N–H and O–H groups in total. The first-order chi connectivity index (χ1) is 21.8. The molecule has 0 bridgehead atoms. The van der Waals surface area contributed by atoms with Crippen LogP contribution in [-0.2, 0) is 4.57 Å². The van der Waals surface area contributed by atoms with Crippen LogP contribution in [0.5, 0.6) is 11.5 Å². The molecule has 0 radical (unpaired) electrons. The summed E-state index contributed by atoms with van der Waals surface area (Å²) in [4.78, 5) is 26.1. The van der Waals surface area contributed by atoms with Gasteiger partial charge >= 0.3 is 13.3 Å². The third-order valence-electron chi connectivity index (χ3n) is 7.43. The number of hydrogen-bond donors (Lipinski definition) is 0. The number of ether oxygens (including phenoxy) is 2. The summed E-state index contributed by atoms with van der Waals surface area (Å²) in [5.74, 6) is 1.01. The number of carbonyl (C=O) groups excluding carboxylic acids is 2. The monoisotopic (exact) mass is 657 g/mol. The standard InChI is InChI=1S/C22H21OP.C17H26O4P/c1-16-14-17(2)21(18(3)15-16)22(23)24(19-10-6-4-7-11-19)20-12-8-5-9-13-20;1-12(10-17(2,3)4)11-22(19)16(18)15-13(20-5)8-7-9-14(15)21-6/h4-15H,1-3H3;7-9,12H,10-11H2,1-6H3/q;+1. The van der Waals surface area contributed by atoms with Gasteiger partial charge in [0.1, 0.15) is 11.5 Å². The van der Waals surface area contributed by atoms with E-state index >= 15 is 0 Å². The van der Waals surface area contributed by atoms with Crippen LogP contribution in [0.4, 0.5) is 0 Å². The second kappa shape index (κ2) is 16.8. The summed E-state index contributed by atoms with van der Waals surface area (Å²) in [6.07, 6.45) is 1.30. The Kier molecular flexibility index (Phi) is 13.4. The van der Waals surface area contributed by atoms with E-state index in [4.69, 9.17) is 9.47 Å². The van der Waals surface area contributed by atoms with Gasteiger partial charge in [-0.2, -0.15) is 0 Å². The molecule has 242 valence electrons. The minimum atomic E-state index is -2.00. The maximum absolute atomic E-state index is 13.5. The predicted octanol–water partition coefficient (Wildman–Crippen LogP) is 9.63. The van der Waals surface area contributed by atoms with Crippen LogP contribution in [0.1, 0.15) is 71.5 Å². The summed E-state index contributed by atoms with van der Waals surface area (Å²) in [5, 5.41) is 2.20. The van der Waals surface area contributed by atoms with Crippen LogP contribution in [0.3, 0.4) is 0 Å². The van der Waals surface area contributed by atoms with Crippen LogP contribution < -0.4 is 20.1 Å². The zero-order chi connectivity index (χ0) is 34.0. The zero-order valence-corrected chi connectivity index (χ0v) is 30.4. The molecule has 7 heteroatoms. The van der Waals surface area contributed by atoms with Crippen molar-refractivity contribution in [3.05, 3.63) is 119 Å². The molecule has 0 aliphatic heterocycles. The van der Waals surface area contributed by atoms with Gasteiger partial charge in [-0.15, -0.1) is 0 Å². The summed E-state index contributed by atoms with van der Waals surface area (Å²) in [6, 6.07) is 29.6. The van der Waals surface area contributed by atoms with Gasteiger partial charge in [-0.25, -0.2) is 4.79 Å². The van der Waals surface area contributed by atoms with Gasteiger partial charge < -0.3 is 9.47 Å². The number of carbonyl (C=O) groups is 2. The molecular formula is C39H47O5P2+. The highest BCUT2D eigenvalue weighted by atomic mass is 31.1. The van der Waals surface area contributed by atoms with Crippen molar-refractivity contribution in [1.82, 2.24) is 0 Å². The molecule has 0 fully saturated rings. The highest BCUT2D eigenvalue weighted by Gasteiger charge is 2.37. The summed E-state index contributed by atoms with van der Waals surface area (Å²) in [5.41, 5.74) is 4.47. The van der Waals surface area contributed by atoms with Gasteiger partial charge in [0.2, 0.25) is 0 Å². The van der Waals surface area contributed by atoms with Crippen LogP contribution in [0.2, 0.25) is 0 Å². The highest BCUT2D eigenvalue weighted by molar-refractivity contribution is 7.88. The number of rotatable bonds is 11. The van der Waals surface area contributed by atoms with Crippen molar-refractivity contribution >= 4 is 37.4 Å². The Hall–Kier alpha value is -3.65. The molecule has 5 nitrogen and oxygen atoms in total. The van der Waals surface area contributed by atoms with E-state index in [0.29, 0.717) is 17.7 Å². The molecule has 4 rings (SSSR count). The first kappa shape index (κ1) is 36.8. The van der Waals surface area contributed by atoms with Crippen molar-refractivity contribution in [3.63, 3.8) is 0 Å². The number of aryl methyl sites for hydroxylation is 3. The summed E-state index contributed by atoms with van der Waals surface area (Å²) in [6.45, 7) is 14.6. The van der Waals surface area contributed by atoms with E-state index in [9.17, 15) is 14.2 Å². The number of benzene rings is 4. The molecule has 0 saturated heterocycles. The third kappa shape index (κ3) is 9.92. The van der Waals surface area contributed by atoms with E-state index in [0.717, 1.165) is 33.7 Å². The summed E-state index contributed by atoms with van der Waals surface area (Å²) in [7, 11) is -0.0986. The topological polar surface area (TPSA) is 69.7 Å². The fourth-order valence-electron chi connectivity index (χ4n) is 5.83. The zero-order valence-electron chi connectivity index (χ0n) is 28.6. The van der Waals surface area contributed by atoms with Crippen molar-refractivity contribution < 1.29 is 23.6 Å². The molecule has 0 aliphatic rings. The minimum absolute atomic E-state index is 0.154. The molecule has 0 saturated carbocycles. The normalized spacial score (nSPS) is 12.1. The average molecular weight is 658 g/mol. The van der Waals surface area contributed by atoms with Gasteiger partial charge in [-0.05, 0) is 66.5 Å². The van der Waals surface area contributed by atoms with Crippen LogP contribution >= 0.6 is 15.7 Å². The number of methoxy groups -OCH3 is 2. The molecule has 0 aromatic heterocycles. The molecule has 0 spiro atoms. The summed E-state index contributed by atoms with van der Waals surface area (Å²) < 4.78 is 22.9. The molecule has 46 heavy (non-hydrogen) atoms. The van der Waals surface area contributed by atoms with Crippen LogP contribution in [0.25, 0.3) is 0 Å². The molecule has 0 amide bonds. The lowest BCUT2D eigenvalue weighted by Crippen LogP contribution is -2.19. The van der Waals surface area contributed by atoms with E-state index in [2.05, 4.69) is 64.1 Å². The Bertz CT molecular complexity index is 1560. The highest BCUT2D eigenvalue weighted by Crippen LogP contribution is 2.41. The maximum Gasteiger partial charge on any atom is 0.420 e. The Morgan fingerprint density at radius 1 is 0.739 bits per heavy atom. The second-order valence-corrected chi connectivity index (χ2v) is 16.5. The molecule has 4 aromatic rings. The lowest BCUT2D eigenvalue weighted by Gasteiger charge is -2.20. The molecule has 4 aromatic carbocycles. The van der Waals surface area contributed by atoms with Crippen molar-refractivity contribution in [3.8, 4) is 11.5 Å². The molecule has 0 heterocycles. The SMILES string of the molecule is COc1cccc(OC)c1C(=O)[P+](=O)CC(C)CC(C)(C)C.Cc1cc(C)c(C(=O)P(c2ccccc2)c2ccccc2)c(C)c1. The van der Waals surface area contributed by atoms with Gasteiger partial charge in [0.15, 0.2) is 17.2 Å². The van der Waals surface area contributed by atoms with Crippen molar-refractivity contribution in [2.45, 2.75) is 54.9 Å². The summed E-state index contributed by atoms with van der Waals surface area (Å²) >= 11 is 0. The maximum atomic E-state index is 13.5. The van der Waals surface area contributed by atoms with E-state index < -0.39 is 21.2 Å². The van der Waals surface area contributed by atoms with Gasteiger partial charge in [0.05, 0.1) is 14.2 Å². The van der Waals surface area contributed by atoms with E-state index in [1.807, 2.05) is 57.2 Å². The third-order valence-corrected chi connectivity index (χ3v) is 11.3. The smallest absolute Gasteiger partial charge is 0.420 e. The largest absolute Gasteiger partial charge is 0.496 e. The van der Waals surface area contributed by atoms with Crippen molar-refractivity contribution in [1.29, 1.82) is 0 Å². The van der Waals surface area contributed by atoms with E-state index in [1.165, 1.54) is 19.8 Å². The molecular weight excluding hydrogens is 610 g/mol.